The lowest BCUT2D eigenvalue weighted by Gasteiger charge is -2.18. The second-order valence-electron chi connectivity index (χ2n) is 5.07. The summed E-state index contributed by atoms with van der Waals surface area (Å²) in [4.78, 5) is 0. The van der Waals surface area contributed by atoms with Crippen molar-refractivity contribution in [3.8, 4) is 0 Å². The van der Waals surface area contributed by atoms with Gasteiger partial charge in [0, 0.05) is 10.5 Å². The molecule has 18 heavy (non-hydrogen) atoms. The first-order valence-corrected chi connectivity index (χ1v) is 7.91. The van der Waals surface area contributed by atoms with E-state index in [1.807, 2.05) is 0 Å². The molecular formula is C16H26BrN. The number of benzene rings is 1. The van der Waals surface area contributed by atoms with Crippen molar-refractivity contribution in [2.45, 2.75) is 58.4 Å². The lowest BCUT2D eigenvalue weighted by Crippen LogP contribution is -2.16. The average molecular weight is 312 g/mol. The minimum atomic E-state index is 0.474. The van der Waals surface area contributed by atoms with Gasteiger partial charge in [-0.1, -0.05) is 67.1 Å². The number of halogens is 1. The molecule has 2 heteroatoms. The predicted octanol–water partition coefficient (Wildman–Crippen LogP) is 5.38. The molecule has 0 heterocycles. The van der Waals surface area contributed by atoms with Crippen molar-refractivity contribution in [3.05, 3.63) is 33.8 Å². The molecule has 1 nitrogen and oxygen atoms in total. The van der Waals surface area contributed by atoms with Gasteiger partial charge in [0.25, 0.3) is 0 Å². The molecule has 102 valence electrons. The lowest BCUT2D eigenvalue weighted by atomic mass is 9.99. The molecule has 0 bridgehead atoms. The van der Waals surface area contributed by atoms with Crippen LogP contribution in [0.25, 0.3) is 0 Å². The van der Waals surface area contributed by atoms with Gasteiger partial charge in [0.15, 0.2) is 0 Å². The van der Waals surface area contributed by atoms with Crippen LogP contribution in [-0.2, 0) is 0 Å². The Morgan fingerprint density at radius 1 is 1.17 bits per heavy atom. The molecule has 0 amide bonds. The molecule has 1 aromatic rings. The van der Waals surface area contributed by atoms with Gasteiger partial charge in [0.1, 0.15) is 0 Å². The first-order chi connectivity index (χ1) is 8.69. The number of hydrogen-bond donors (Lipinski definition) is 1. The molecule has 0 fully saturated rings. The molecule has 1 atom stereocenters. The van der Waals surface area contributed by atoms with Gasteiger partial charge in [-0.25, -0.2) is 0 Å². The van der Waals surface area contributed by atoms with Crippen molar-refractivity contribution < 1.29 is 0 Å². The fraction of sp³-hybridized carbons (Fsp3) is 0.625. The van der Waals surface area contributed by atoms with Crippen molar-refractivity contribution >= 4 is 15.9 Å². The first kappa shape index (κ1) is 15.7. The van der Waals surface area contributed by atoms with Crippen molar-refractivity contribution in [1.82, 2.24) is 5.32 Å². The van der Waals surface area contributed by atoms with Gasteiger partial charge in [-0.3, -0.25) is 0 Å². The molecule has 1 N–H and O–H groups in total. The van der Waals surface area contributed by atoms with Crippen LogP contribution in [0.15, 0.2) is 22.7 Å². The standard InChI is InChI=1S/C16H26BrN/c1-4-5-6-7-8-9-16(18-3)14-11-10-13(2)12-15(14)17/h10-12,16,18H,4-9H2,1-3H3. The summed E-state index contributed by atoms with van der Waals surface area (Å²) in [6.45, 7) is 4.40. The van der Waals surface area contributed by atoms with Crippen molar-refractivity contribution in [1.29, 1.82) is 0 Å². The van der Waals surface area contributed by atoms with Crippen LogP contribution in [0.1, 0.15) is 62.6 Å². The highest BCUT2D eigenvalue weighted by Gasteiger charge is 2.11. The predicted molar refractivity (Wildman–Crippen MR) is 84.1 cm³/mol. The van der Waals surface area contributed by atoms with E-state index in [-0.39, 0.29) is 0 Å². The van der Waals surface area contributed by atoms with Crippen LogP contribution in [0.3, 0.4) is 0 Å². The SMILES string of the molecule is CCCCCCCC(NC)c1ccc(C)cc1Br. The Labute approximate surface area is 120 Å². The fourth-order valence-corrected chi connectivity index (χ4v) is 3.09. The Morgan fingerprint density at radius 3 is 2.50 bits per heavy atom. The summed E-state index contributed by atoms with van der Waals surface area (Å²) >= 11 is 3.68. The van der Waals surface area contributed by atoms with Gasteiger partial charge in [-0.2, -0.15) is 0 Å². The summed E-state index contributed by atoms with van der Waals surface area (Å²) < 4.78 is 1.23. The average Bonchev–Trinajstić information content (AvgIpc) is 2.35. The third-order valence-electron chi connectivity index (χ3n) is 3.48. The quantitative estimate of drug-likeness (QED) is 0.636. The molecule has 0 aliphatic heterocycles. The minimum absolute atomic E-state index is 0.474. The summed E-state index contributed by atoms with van der Waals surface area (Å²) in [7, 11) is 2.06. The van der Waals surface area contributed by atoms with E-state index >= 15 is 0 Å². The second kappa shape index (κ2) is 8.71. The normalized spacial score (nSPS) is 12.7. The van der Waals surface area contributed by atoms with Crippen LogP contribution in [0.2, 0.25) is 0 Å². The molecule has 0 saturated heterocycles. The van der Waals surface area contributed by atoms with E-state index in [0.717, 1.165) is 0 Å². The van der Waals surface area contributed by atoms with E-state index in [1.54, 1.807) is 0 Å². The van der Waals surface area contributed by atoms with Crippen LogP contribution in [0.4, 0.5) is 0 Å². The van der Waals surface area contributed by atoms with Crippen molar-refractivity contribution in [2.75, 3.05) is 7.05 Å². The Bertz CT molecular complexity index is 349. The zero-order chi connectivity index (χ0) is 13.4. The maximum atomic E-state index is 3.68. The number of unbranched alkanes of at least 4 members (excludes halogenated alkanes) is 4. The summed E-state index contributed by atoms with van der Waals surface area (Å²) in [5.74, 6) is 0. The molecule has 0 aliphatic carbocycles. The lowest BCUT2D eigenvalue weighted by molar-refractivity contribution is 0.499. The molecule has 1 aromatic carbocycles. The number of hydrogen-bond acceptors (Lipinski definition) is 1. The molecule has 0 aliphatic rings. The molecule has 0 saturated carbocycles. The highest BCUT2D eigenvalue weighted by Crippen LogP contribution is 2.28. The zero-order valence-corrected chi connectivity index (χ0v) is 13.5. The van der Waals surface area contributed by atoms with Crippen molar-refractivity contribution in [2.24, 2.45) is 0 Å². The minimum Gasteiger partial charge on any atom is -0.313 e. The van der Waals surface area contributed by atoms with Gasteiger partial charge in [-0.05, 0) is 37.6 Å². The van der Waals surface area contributed by atoms with Gasteiger partial charge < -0.3 is 5.32 Å². The highest BCUT2D eigenvalue weighted by molar-refractivity contribution is 9.10. The van der Waals surface area contributed by atoms with Gasteiger partial charge in [0.2, 0.25) is 0 Å². The summed E-state index contributed by atoms with van der Waals surface area (Å²) in [6, 6.07) is 7.12. The van der Waals surface area contributed by atoms with Crippen LogP contribution in [0, 0.1) is 6.92 Å². The number of nitrogens with one attached hydrogen (secondary N) is 1. The summed E-state index contributed by atoms with van der Waals surface area (Å²) in [5, 5.41) is 3.44. The van der Waals surface area contributed by atoms with E-state index in [4.69, 9.17) is 0 Å². The molecule has 1 unspecified atom stereocenters. The van der Waals surface area contributed by atoms with Crippen LogP contribution in [-0.4, -0.2) is 7.05 Å². The third-order valence-corrected chi connectivity index (χ3v) is 4.16. The summed E-state index contributed by atoms with van der Waals surface area (Å²) in [5.41, 5.74) is 2.70. The molecule has 0 aromatic heterocycles. The highest BCUT2D eigenvalue weighted by atomic mass is 79.9. The fourth-order valence-electron chi connectivity index (χ4n) is 2.32. The third kappa shape index (κ3) is 5.11. The van der Waals surface area contributed by atoms with E-state index in [9.17, 15) is 0 Å². The Hall–Kier alpha value is -0.340. The number of rotatable bonds is 8. The van der Waals surface area contributed by atoms with Gasteiger partial charge in [0.05, 0.1) is 0 Å². The maximum absolute atomic E-state index is 3.68. The van der Waals surface area contributed by atoms with E-state index in [2.05, 4.69) is 60.3 Å². The van der Waals surface area contributed by atoms with Crippen LogP contribution in [0.5, 0.6) is 0 Å². The maximum Gasteiger partial charge on any atom is 0.0328 e. The smallest absolute Gasteiger partial charge is 0.0328 e. The topological polar surface area (TPSA) is 12.0 Å². The monoisotopic (exact) mass is 311 g/mol. The van der Waals surface area contributed by atoms with E-state index < -0.39 is 0 Å². The molecule has 0 radical (unpaired) electrons. The summed E-state index contributed by atoms with van der Waals surface area (Å²) in [6.07, 6.45) is 7.96. The van der Waals surface area contributed by atoms with E-state index in [0.29, 0.717) is 6.04 Å². The van der Waals surface area contributed by atoms with E-state index in [1.165, 1.54) is 54.1 Å². The molecule has 1 rings (SSSR count). The van der Waals surface area contributed by atoms with Crippen LogP contribution >= 0.6 is 15.9 Å². The Morgan fingerprint density at radius 2 is 1.89 bits per heavy atom. The Kier molecular flexibility index (Phi) is 7.60. The first-order valence-electron chi connectivity index (χ1n) is 7.12. The van der Waals surface area contributed by atoms with Crippen LogP contribution < -0.4 is 5.32 Å². The zero-order valence-electron chi connectivity index (χ0n) is 11.9. The second-order valence-corrected chi connectivity index (χ2v) is 5.92. The van der Waals surface area contributed by atoms with Gasteiger partial charge in [-0.15, -0.1) is 0 Å². The largest absolute Gasteiger partial charge is 0.313 e. The number of aryl methyl sites for hydroxylation is 1. The molecular weight excluding hydrogens is 286 g/mol. The van der Waals surface area contributed by atoms with Crippen molar-refractivity contribution in [3.63, 3.8) is 0 Å². The molecule has 0 spiro atoms. The van der Waals surface area contributed by atoms with Gasteiger partial charge >= 0.3 is 0 Å². The Balaban J connectivity index is 2.49.